The first-order chi connectivity index (χ1) is 9.42. The molecule has 2 unspecified atom stereocenters. The summed E-state index contributed by atoms with van der Waals surface area (Å²) in [6, 6.07) is 5.54. The quantitative estimate of drug-likeness (QED) is 0.892. The van der Waals surface area contributed by atoms with Gasteiger partial charge in [-0.05, 0) is 25.0 Å². The smallest absolute Gasteiger partial charge is 0.308 e. The Labute approximate surface area is 123 Å². The van der Waals surface area contributed by atoms with E-state index in [9.17, 15) is 13.2 Å². The van der Waals surface area contributed by atoms with Crippen LogP contribution in [0.25, 0.3) is 0 Å². The van der Waals surface area contributed by atoms with E-state index in [-0.39, 0.29) is 9.92 Å². The number of hydrogen-bond donors (Lipinski definition) is 2. The van der Waals surface area contributed by atoms with Gasteiger partial charge in [0, 0.05) is 6.04 Å². The van der Waals surface area contributed by atoms with E-state index in [2.05, 4.69) is 4.72 Å². The van der Waals surface area contributed by atoms with Gasteiger partial charge < -0.3 is 5.11 Å². The molecule has 0 aliphatic heterocycles. The Morgan fingerprint density at radius 2 is 1.90 bits per heavy atom. The number of carboxylic acids is 1. The van der Waals surface area contributed by atoms with Crippen LogP contribution in [0.4, 0.5) is 0 Å². The molecule has 2 N–H and O–H groups in total. The third-order valence-corrected chi connectivity index (χ3v) is 5.51. The number of hydrogen-bond acceptors (Lipinski definition) is 3. The summed E-state index contributed by atoms with van der Waals surface area (Å²) >= 11 is 5.89. The highest BCUT2D eigenvalue weighted by atomic mass is 35.5. The van der Waals surface area contributed by atoms with Crippen molar-refractivity contribution in [2.45, 2.75) is 36.6 Å². The van der Waals surface area contributed by atoms with E-state index in [4.69, 9.17) is 16.7 Å². The third-order valence-electron chi connectivity index (χ3n) is 3.52. The second-order valence-corrected chi connectivity index (χ2v) is 6.98. The van der Waals surface area contributed by atoms with Crippen LogP contribution in [0.5, 0.6) is 0 Å². The highest BCUT2D eigenvalue weighted by Gasteiger charge is 2.34. The predicted molar refractivity (Wildman–Crippen MR) is 75.2 cm³/mol. The van der Waals surface area contributed by atoms with Gasteiger partial charge in [0.05, 0.1) is 10.9 Å². The fraction of sp³-hybridized carbons (Fsp3) is 0.462. The molecule has 0 spiro atoms. The average Bonchev–Trinajstić information content (AvgIpc) is 2.39. The summed E-state index contributed by atoms with van der Waals surface area (Å²) in [6.45, 7) is 0. The van der Waals surface area contributed by atoms with Gasteiger partial charge in [0.1, 0.15) is 4.90 Å². The molecule has 0 radical (unpaired) electrons. The molecule has 1 saturated carbocycles. The Bertz CT molecular complexity index is 602. The molecule has 110 valence electrons. The van der Waals surface area contributed by atoms with E-state index in [1.165, 1.54) is 12.1 Å². The van der Waals surface area contributed by atoms with E-state index < -0.39 is 28.0 Å². The summed E-state index contributed by atoms with van der Waals surface area (Å²) in [5.74, 6) is -1.64. The maximum Gasteiger partial charge on any atom is 0.308 e. The van der Waals surface area contributed by atoms with Crippen LogP contribution >= 0.6 is 11.6 Å². The monoisotopic (exact) mass is 317 g/mol. The van der Waals surface area contributed by atoms with E-state index in [1.807, 2.05) is 0 Å². The summed E-state index contributed by atoms with van der Waals surface area (Å²) in [7, 11) is -3.80. The molecule has 1 fully saturated rings. The van der Waals surface area contributed by atoms with Crippen molar-refractivity contribution in [2.24, 2.45) is 5.92 Å². The number of sulfonamides is 1. The highest BCUT2D eigenvalue weighted by Crippen LogP contribution is 2.27. The summed E-state index contributed by atoms with van der Waals surface area (Å²) in [4.78, 5) is 11.2. The molecule has 0 saturated heterocycles. The SMILES string of the molecule is O=C(O)C1CCCCC1NS(=O)(=O)c1ccccc1Cl. The minimum atomic E-state index is -3.80. The fourth-order valence-electron chi connectivity index (χ4n) is 2.49. The normalized spacial score (nSPS) is 23.4. The van der Waals surface area contributed by atoms with Crippen molar-refractivity contribution in [3.8, 4) is 0 Å². The Balaban J connectivity index is 2.23. The molecule has 1 aromatic rings. The molecule has 0 amide bonds. The lowest BCUT2D eigenvalue weighted by Gasteiger charge is -2.29. The maximum atomic E-state index is 12.3. The molecule has 1 aliphatic carbocycles. The van der Waals surface area contributed by atoms with Gasteiger partial charge in [-0.1, -0.05) is 36.6 Å². The van der Waals surface area contributed by atoms with Crippen molar-refractivity contribution in [2.75, 3.05) is 0 Å². The van der Waals surface area contributed by atoms with Gasteiger partial charge in [0.25, 0.3) is 0 Å². The largest absolute Gasteiger partial charge is 0.481 e. The van der Waals surface area contributed by atoms with E-state index >= 15 is 0 Å². The molecule has 7 heteroatoms. The molecule has 1 aliphatic rings. The molecule has 20 heavy (non-hydrogen) atoms. The Hall–Kier alpha value is -1.11. The lowest BCUT2D eigenvalue weighted by Crippen LogP contribution is -2.45. The van der Waals surface area contributed by atoms with Crippen molar-refractivity contribution in [1.82, 2.24) is 4.72 Å². The van der Waals surface area contributed by atoms with Crippen molar-refractivity contribution >= 4 is 27.6 Å². The van der Waals surface area contributed by atoms with Crippen molar-refractivity contribution < 1.29 is 18.3 Å². The number of carboxylic acid groups (broad SMARTS) is 1. The number of carbonyl (C=O) groups is 1. The summed E-state index contributed by atoms with van der Waals surface area (Å²) in [5, 5.41) is 9.30. The number of benzene rings is 1. The standard InChI is InChI=1S/C13H16ClNO4S/c14-10-6-2-4-8-12(10)20(18,19)15-11-7-3-1-5-9(11)13(16)17/h2,4,6,8-9,11,15H,1,3,5,7H2,(H,16,17). The van der Waals surface area contributed by atoms with E-state index in [1.54, 1.807) is 12.1 Å². The van der Waals surface area contributed by atoms with Gasteiger partial charge in [0.15, 0.2) is 0 Å². The lowest BCUT2D eigenvalue weighted by molar-refractivity contribution is -0.143. The van der Waals surface area contributed by atoms with Gasteiger partial charge in [-0.2, -0.15) is 0 Å². The molecule has 5 nitrogen and oxygen atoms in total. The van der Waals surface area contributed by atoms with Gasteiger partial charge in [0.2, 0.25) is 10.0 Å². The zero-order valence-corrected chi connectivity index (χ0v) is 12.3. The van der Waals surface area contributed by atoms with Crippen LogP contribution < -0.4 is 4.72 Å². The van der Waals surface area contributed by atoms with Gasteiger partial charge in [-0.25, -0.2) is 13.1 Å². The van der Waals surface area contributed by atoms with Crippen LogP contribution in [-0.2, 0) is 14.8 Å². The van der Waals surface area contributed by atoms with Crippen LogP contribution in [0.2, 0.25) is 5.02 Å². The Morgan fingerprint density at radius 3 is 2.55 bits per heavy atom. The first-order valence-electron chi connectivity index (χ1n) is 6.41. The van der Waals surface area contributed by atoms with Crippen molar-refractivity contribution in [1.29, 1.82) is 0 Å². The van der Waals surface area contributed by atoms with Crippen LogP contribution in [-0.4, -0.2) is 25.5 Å². The third kappa shape index (κ3) is 3.31. The van der Waals surface area contributed by atoms with Crippen LogP contribution in [0.15, 0.2) is 29.2 Å². The van der Waals surface area contributed by atoms with Gasteiger partial charge >= 0.3 is 5.97 Å². The summed E-state index contributed by atoms with van der Waals surface area (Å²) < 4.78 is 27.1. The van der Waals surface area contributed by atoms with Crippen LogP contribution in [0, 0.1) is 5.92 Å². The molecule has 0 heterocycles. The molecular weight excluding hydrogens is 302 g/mol. The number of halogens is 1. The van der Waals surface area contributed by atoms with Crippen molar-refractivity contribution in [3.63, 3.8) is 0 Å². The minimum Gasteiger partial charge on any atom is -0.481 e. The topological polar surface area (TPSA) is 83.5 Å². The van der Waals surface area contributed by atoms with Crippen LogP contribution in [0.1, 0.15) is 25.7 Å². The number of aliphatic carboxylic acids is 1. The molecule has 2 atom stereocenters. The second kappa shape index (κ2) is 6.11. The predicted octanol–water partition coefficient (Wildman–Crippen LogP) is 2.26. The first kappa shape index (κ1) is 15.3. The molecule has 0 aromatic heterocycles. The average molecular weight is 318 g/mol. The van der Waals surface area contributed by atoms with Gasteiger partial charge in [-0.3, -0.25) is 4.79 Å². The summed E-state index contributed by atoms with van der Waals surface area (Å²) in [5.41, 5.74) is 0. The first-order valence-corrected chi connectivity index (χ1v) is 8.27. The number of rotatable bonds is 4. The van der Waals surface area contributed by atoms with Gasteiger partial charge in [-0.15, -0.1) is 0 Å². The second-order valence-electron chi connectivity index (χ2n) is 4.89. The van der Waals surface area contributed by atoms with Crippen LogP contribution in [0.3, 0.4) is 0 Å². The molecular formula is C13H16ClNO4S. The van der Waals surface area contributed by atoms with E-state index in [0.717, 1.165) is 12.8 Å². The summed E-state index contributed by atoms with van der Waals surface area (Å²) in [6.07, 6.45) is 2.65. The van der Waals surface area contributed by atoms with Crippen molar-refractivity contribution in [3.05, 3.63) is 29.3 Å². The van der Waals surface area contributed by atoms with E-state index in [0.29, 0.717) is 12.8 Å². The molecule has 2 rings (SSSR count). The Kier molecular flexibility index (Phi) is 4.67. The zero-order valence-electron chi connectivity index (χ0n) is 10.8. The fourth-order valence-corrected chi connectivity index (χ4v) is 4.32. The molecule has 1 aromatic carbocycles. The minimum absolute atomic E-state index is 0.0172. The lowest BCUT2D eigenvalue weighted by atomic mass is 9.85. The molecule has 0 bridgehead atoms. The highest BCUT2D eigenvalue weighted by molar-refractivity contribution is 7.89. The zero-order chi connectivity index (χ0) is 14.8. The maximum absolute atomic E-state index is 12.3. The number of nitrogens with one attached hydrogen (secondary N) is 1. The Morgan fingerprint density at radius 1 is 1.25 bits per heavy atom.